The zero-order valence-electron chi connectivity index (χ0n) is 16.6. The minimum absolute atomic E-state index is 0.0159. The van der Waals surface area contributed by atoms with Crippen LogP contribution in [-0.4, -0.2) is 47.4 Å². The molecule has 1 fully saturated rings. The molecular formula is C21H27N3O3S. The molecule has 0 spiro atoms. The second kappa shape index (κ2) is 9.19. The number of hydrogen-bond donors (Lipinski definition) is 1. The number of piperidine rings is 1. The van der Waals surface area contributed by atoms with E-state index in [1.807, 2.05) is 49.9 Å². The van der Waals surface area contributed by atoms with Gasteiger partial charge in [-0.05, 0) is 44.0 Å². The van der Waals surface area contributed by atoms with Crippen LogP contribution in [0.2, 0.25) is 0 Å². The Morgan fingerprint density at radius 2 is 1.93 bits per heavy atom. The molecule has 1 aliphatic heterocycles. The molecule has 28 heavy (non-hydrogen) atoms. The highest BCUT2D eigenvalue weighted by Crippen LogP contribution is 2.26. The lowest BCUT2D eigenvalue weighted by Crippen LogP contribution is -2.47. The van der Waals surface area contributed by atoms with Crippen LogP contribution in [0, 0.1) is 5.92 Å². The first-order valence-electron chi connectivity index (χ1n) is 9.76. The number of carbonyl (C=O) groups is 2. The first-order chi connectivity index (χ1) is 13.5. The molecule has 0 unspecified atom stereocenters. The summed E-state index contributed by atoms with van der Waals surface area (Å²) >= 11 is 1.45. The van der Waals surface area contributed by atoms with Crippen molar-refractivity contribution in [3.05, 3.63) is 35.3 Å². The van der Waals surface area contributed by atoms with E-state index >= 15 is 0 Å². The lowest BCUT2D eigenvalue weighted by Gasteiger charge is -2.33. The van der Waals surface area contributed by atoms with Crippen LogP contribution in [0.15, 0.2) is 29.6 Å². The standard InChI is InChI=1S/C21H27N3O3S/c1-4-27-17-7-5-15(6-8-17)20-23-18(13-28-20)19(25)22-16-9-11-24(12-10-16)21(26)14(2)3/h5-8,13-14,16H,4,9-12H2,1-3H3,(H,22,25). The predicted octanol–water partition coefficient (Wildman–Crippen LogP) is 3.59. The molecule has 1 aromatic carbocycles. The summed E-state index contributed by atoms with van der Waals surface area (Å²) < 4.78 is 5.45. The van der Waals surface area contributed by atoms with Crippen LogP contribution in [0.5, 0.6) is 5.75 Å². The van der Waals surface area contributed by atoms with Crippen molar-refractivity contribution in [1.82, 2.24) is 15.2 Å². The molecule has 1 aliphatic rings. The van der Waals surface area contributed by atoms with Crippen LogP contribution in [0.1, 0.15) is 44.1 Å². The van der Waals surface area contributed by atoms with E-state index in [2.05, 4.69) is 10.3 Å². The molecule has 0 saturated carbocycles. The summed E-state index contributed by atoms with van der Waals surface area (Å²) in [6, 6.07) is 7.80. The second-order valence-corrected chi connectivity index (χ2v) is 8.08. The van der Waals surface area contributed by atoms with Crippen LogP contribution < -0.4 is 10.1 Å². The molecule has 1 saturated heterocycles. The highest BCUT2D eigenvalue weighted by molar-refractivity contribution is 7.13. The van der Waals surface area contributed by atoms with Crippen molar-refractivity contribution in [3.63, 3.8) is 0 Å². The van der Waals surface area contributed by atoms with Crippen molar-refractivity contribution in [2.24, 2.45) is 5.92 Å². The van der Waals surface area contributed by atoms with E-state index < -0.39 is 0 Å². The maximum absolute atomic E-state index is 12.6. The Balaban J connectivity index is 1.55. The number of aromatic nitrogens is 1. The SMILES string of the molecule is CCOc1ccc(-c2nc(C(=O)NC3CCN(C(=O)C(C)C)CC3)cs2)cc1. The summed E-state index contributed by atoms with van der Waals surface area (Å²) in [5, 5.41) is 5.66. The lowest BCUT2D eigenvalue weighted by atomic mass is 10.0. The van der Waals surface area contributed by atoms with Crippen LogP contribution in [0.4, 0.5) is 0 Å². The number of thiazole rings is 1. The molecule has 0 bridgehead atoms. The molecule has 2 heterocycles. The largest absolute Gasteiger partial charge is 0.494 e. The van der Waals surface area contributed by atoms with Crippen molar-refractivity contribution in [2.45, 2.75) is 39.7 Å². The molecule has 2 aromatic rings. The molecule has 1 N–H and O–H groups in total. The topological polar surface area (TPSA) is 71.5 Å². The Morgan fingerprint density at radius 3 is 2.54 bits per heavy atom. The molecule has 150 valence electrons. The number of rotatable bonds is 6. The number of benzene rings is 1. The number of ether oxygens (including phenoxy) is 1. The van der Waals surface area contributed by atoms with Crippen LogP contribution in [0.3, 0.4) is 0 Å². The van der Waals surface area contributed by atoms with Gasteiger partial charge in [0.05, 0.1) is 6.61 Å². The van der Waals surface area contributed by atoms with E-state index in [0.29, 0.717) is 25.4 Å². The molecule has 6 nitrogen and oxygen atoms in total. The summed E-state index contributed by atoms with van der Waals surface area (Å²) in [7, 11) is 0. The van der Waals surface area contributed by atoms with Gasteiger partial charge in [0.1, 0.15) is 16.5 Å². The summed E-state index contributed by atoms with van der Waals surface area (Å²) in [4.78, 5) is 31.0. The minimum Gasteiger partial charge on any atom is -0.494 e. The van der Waals surface area contributed by atoms with E-state index in [-0.39, 0.29) is 23.8 Å². The number of carbonyl (C=O) groups excluding carboxylic acids is 2. The van der Waals surface area contributed by atoms with Crippen LogP contribution in [-0.2, 0) is 4.79 Å². The van der Waals surface area contributed by atoms with E-state index in [0.717, 1.165) is 29.2 Å². The monoisotopic (exact) mass is 401 g/mol. The molecular weight excluding hydrogens is 374 g/mol. The van der Waals surface area contributed by atoms with Gasteiger partial charge < -0.3 is 15.0 Å². The van der Waals surface area contributed by atoms with Crippen molar-refractivity contribution in [1.29, 1.82) is 0 Å². The molecule has 2 amide bonds. The second-order valence-electron chi connectivity index (χ2n) is 7.22. The maximum Gasteiger partial charge on any atom is 0.270 e. The quantitative estimate of drug-likeness (QED) is 0.803. The number of hydrogen-bond acceptors (Lipinski definition) is 5. The van der Waals surface area contributed by atoms with Gasteiger partial charge >= 0.3 is 0 Å². The van der Waals surface area contributed by atoms with Crippen molar-refractivity contribution in [3.8, 4) is 16.3 Å². The molecule has 0 aliphatic carbocycles. The minimum atomic E-state index is -0.151. The van der Waals surface area contributed by atoms with Gasteiger partial charge in [-0.3, -0.25) is 9.59 Å². The number of nitrogens with one attached hydrogen (secondary N) is 1. The van der Waals surface area contributed by atoms with Gasteiger partial charge in [-0.2, -0.15) is 0 Å². The van der Waals surface area contributed by atoms with Gasteiger partial charge in [-0.1, -0.05) is 13.8 Å². The third-order valence-corrected chi connectivity index (χ3v) is 5.68. The average Bonchev–Trinajstić information content (AvgIpc) is 3.19. The van der Waals surface area contributed by atoms with E-state index in [9.17, 15) is 9.59 Å². The highest BCUT2D eigenvalue weighted by Gasteiger charge is 2.25. The van der Waals surface area contributed by atoms with Crippen LogP contribution >= 0.6 is 11.3 Å². The fourth-order valence-corrected chi connectivity index (χ4v) is 4.05. The van der Waals surface area contributed by atoms with Gasteiger partial charge in [-0.25, -0.2) is 4.98 Å². The fraction of sp³-hybridized carbons (Fsp3) is 0.476. The van der Waals surface area contributed by atoms with Crippen molar-refractivity contribution < 1.29 is 14.3 Å². The Morgan fingerprint density at radius 1 is 1.25 bits per heavy atom. The highest BCUT2D eigenvalue weighted by atomic mass is 32.1. The molecule has 0 radical (unpaired) electrons. The Hall–Kier alpha value is -2.41. The van der Waals surface area contributed by atoms with E-state index in [1.54, 1.807) is 5.38 Å². The van der Waals surface area contributed by atoms with Crippen molar-refractivity contribution in [2.75, 3.05) is 19.7 Å². The zero-order valence-corrected chi connectivity index (χ0v) is 17.4. The third kappa shape index (κ3) is 4.90. The Bertz CT molecular complexity index is 809. The zero-order chi connectivity index (χ0) is 20.1. The third-order valence-electron chi connectivity index (χ3n) is 4.78. The van der Waals surface area contributed by atoms with E-state index in [1.165, 1.54) is 11.3 Å². The molecule has 0 atom stereocenters. The Kier molecular flexibility index (Phi) is 6.67. The Labute approximate surface area is 169 Å². The smallest absolute Gasteiger partial charge is 0.270 e. The fourth-order valence-electron chi connectivity index (χ4n) is 3.24. The van der Waals surface area contributed by atoms with Gasteiger partial charge in [0, 0.05) is 36.0 Å². The first kappa shape index (κ1) is 20.3. The number of nitrogens with zero attached hydrogens (tertiary/aromatic N) is 2. The summed E-state index contributed by atoms with van der Waals surface area (Å²) in [5.41, 5.74) is 1.41. The van der Waals surface area contributed by atoms with Gasteiger partial charge in [0.25, 0.3) is 5.91 Å². The van der Waals surface area contributed by atoms with Gasteiger partial charge in [-0.15, -0.1) is 11.3 Å². The number of amides is 2. The first-order valence-corrected chi connectivity index (χ1v) is 10.6. The normalized spacial score (nSPS) is 14.9. The summed E-state index contributed by atoms with van der Waals surface area (Å²) in [6.07, 6.45) is 1.56. The summed E-state index contributed by atoms with van der Waals surface area (Å²) in [6.45, 7) is 7.80. The number of likely N-dealkylation sites (tertiary alicyclic amines) is 1. The predicted molar refractivity (Wildman–Crippen MR) is 111 cm³/mol. The lowest BCUT2D eigenvalue weighted by molar-refractivity contribution is -0.135. The summed E-state index contributed by atoms with van der Waals surface area (Å²) in [5.74, 6) is 0.872. The van der Waals surface area contributed by atoms with Gasteiger partial charge in [0.15, 0.2) is 0 Å². The maximum atomic E-state index is 12.6. The van der Waals surface area contributed by atoms with Gasteiger partial charge in [0.2, 0.25) is 5.91 Å². The average molecular weight is 402 g/mol. The van der Waals surface area contributed by atoms with Crippen LogP contribution in [0.25, 0.3) is 10.6 Å². The molecule has 3 rings (SSSR count). The van der Waals surface area contributed by atoms with E-state index in [4.69, 9.17) is 4.74 Å². The van der Waals surface area contributed by atoms with Crippen molar-refractivity contribution >= 4 is 23.2 Å². The molecule has 1 aromatic heterocycles. The molecule has 7 heteroatoms.